The number of benzene rings is 2. The van der Waals surface area contributed by atoms with Crippen LogP contribution in [-0.4, -0.2) is 156 Å². The van der Waals surface area contributed by atoms with E-state index in [1.165, 1.54) is 0 Å². The molecule has 4 N–H and O–H groups in total. The summed E-state index contributed by atoms with van der Waals surface area (Å²) in [4.78, 5) is 70.8. The van der Waals surface area contributed by atoms with E-state index in [1.54, 1.807) is 24.4 Å². The molecule has 1 atom stereocenters. The van der Waals surface area contributed by atoms with Gasteiger partial charge in [0.05, 0.1) is 104 Å². The molecule has 4 heterocycles. The van der Waals surface area contributed by atoms with E-state index in [0.717, 1.165) is 32.3 Å². The topological polar surface area (TPSA) is 218 Å². The number of ether oxygens (including phenoxy) is 7. The summed E-state index contributed by atoms with van der Waals surface area (Å²) in [5.41, 5.74) is 4.09. The number of nitrogens with one attached hydrogen (secondary N) is 4. The first-order valence-electron chi connectivity index (χ1n) is 20.6. The average molecular weight is 847 g/mol. The maximum absolute atomic E-state index is 13.2. The Balaban J connectivity index is 0.660. The summed E-state index contributed by atoms with van der Waals surface area (Å²) in [5.74, 6) is -2.19. The van der Waals surface area contributed by atoms with E-state index in [2.05, 4.69) is 44.1 Å². The Morgan fingerprint density at radius 1 is 0.705 bits per heavy atom. The predicted octanol–water partition coefficient (Wildman–Crippen LogP) is 2.39. The van der Waals surface area contributed by atoms with Gasteiger partial charge in [-0.15, -0.1) is 0 Å². The molecule has 328 valence electrons. The summed E-state index contributed by atoms with van der Waals surface area (Å²) in [6, 6.07) is 12.1. The van der Waals surface area contributed by atoms with Crippen molar-refractivity contribution in [2.24, 2.45) is 0 Å². The minimum Gasteiger partial charge on any atom is -0.382 e. The van der Waals surface area contributed by atoms with E-state index >= 15 is 0 Å². The summed E-state index contributed by atoms with van der Waals surface area (Å²) in [6.07, 6.45) is 4.85. The van der Waals surface area contributed by atoms with Crippen LogP contribution < -0.4 is 16.0 Å². The fraction of sp³-hybridized carbons (Fsp3) is 0.488. The number of nitrogens with zero attached hydrogens (tertiary/aromatic N) is 2. The van der Waals surface area contributed by atoms with Gasteiger partial charge in [0.2, 0.25) is 17.7 Å². The smallest absolute Gasteiger partial charge is 0.264 e. The summed E-state index contributed by atoms with van der Waals surface area (Å²) >= 11 is 0. The van der Waals surface area contributed by atoms with E-state index in [9.17, 15) is 24.0 Å². The van der Waals surface area contributed by atoms with Gasteiger partial charge in [0, 0.05) is 65.8 Å². The number of amides is 5. The third kappa shape index (κ3) is 13.3. The monoisotopic (exact) mass is 846 g/mol. The maximum Gasteiger partial charge on any atom is 0.264 e. The molecule has 4 aromatic rings. The highest BCUT2D eigenvalue weighted by atomic mass is 16.6. The van der Waals surface area contributed by atoms with E-state index < -0.39 is 29.7 Å². The first-order chi connectivity index (χ1) is 29.9. The van der Waals surface area contributed by atoms with Gasteiger partial charge in [-0.2, -0.15) is 0 Å². The Morgan fingerprint density at radius 3 is 1.97 bits per heavy atom. The van der Waals surface area contributed by atoms with Crippen molar-refractivity contribution in [3.05, 3.63) is 71.5 Å². The number of H-pyrrole nitrogens is 1. The molecule has 2 aliphatic rings. The molecule has 0 aliphatic carbocycles. The van der Waals surface area contributed by atoms with Crippen molar-refractivity contribution in [3.8, 4) is 0 Å². The van der Waals surface area contributed by atoms with Gasteiger partial charge < -0.3 is 48.8 Å². The molecule has 61 heavy (non-hydrogen) atoms. The maximum atomic E-state index is 13.2. The minimum atomic E-state index is -1.01. The number of hydrogen-bond acceptors (Lipinski definition) is 14. The SMILES string of the molecule is O=C(CCc1ccc2c(c1)[nH]c1ccncc12)NCCOCCOCCOCCOCCOCCOCCOCCNc1cccc2c1C(=O)N(C1CCC(=O)NC1=O)C2=O. The van der Waals surface area contributed by atoms with Crippen molar-refractivity contribution in [2.45, 2.75) is 31.7 Å². The van der Waals surface area contributed by atoms with Crippen molar-refractivity contribution >= 4 is 57.0 Å². The summed E-state index contributed by atoms with van der Waals surface area (Å²) in [5, 5.41) is 10.4. The molecule has 5 amide bonds. The Labute approximate surface area is 353 Å². The van der Waals surface area contributed by atoms with Crippen LogP contribution in [0.5, 0.6) is 0 Å². The number of anilines is 1. The third-order valence-electron chi connectivity index (χ3n) is 9.94. The zero-order chi connectivity index (χ0) is 42.7. The second kappa shape index (κ2) is 24.2. The van der Waals surface area contributed by atoms with E-state index in [1.807, 2.05) is 12.3 Å². The second-order valence-electron chi connectivity index (χ2n) is 14.2. The number of fused-ring (bicyclic) bond motifs is 4. The number of pyridine rings is 1. The highest BCUT2D eigenvalue weighted by molar-refractivity contribution is 6.25. The molecule has 0 saturated carbocycles. The van der Waals surface area contributed by atoms with Crippen LogP contribution in [0, 0.1) is 0 Å². The van der Waals surface area contributed by atoms with Gasteiger partial charge >= 0.3 is 0 Å². The lowest BCUT2D eigenvalue weighted by Crippen LogP contribution is -2.54. The molecular formula is C43H54N6O12. The number of carbonyl (C=O) groups excluding carboxylic acids is 5. The Hall–Kier alpha value is -5.34. The average Bonchev–Trinajstić information content (AvgIpc) is 3.76. The summed E-state index contributed by atoms with van der Waals surface area (Å²) in [7, 11) is 0. The molecule has 2 aliphatic heterocycles. The highest BCUT2D eigenvalue weighted by Crippen LogP contribution is 2.32. The summed E-state index contributed by atoms with van der Waals surface area (Å²) in [6.45, 7) is 6.68. The van der Waals surface area contributed by atoms with Crippen molar-refractivity contribution in [1.82, 2.24) is 25.5 Å². The standard InChI is InChI=1S/C43H54N6O12/c50-38(8-5-30-4-6-31-33-29-44-11-10-34(33)47-36(31)28-30)46-13-15-56-17-19-58-21-23-60-25-27-61-26-24-59-22-20-57-18-16-55-14-12-45-35-3-1-2-32-40(35)43(54)49(42(32)53)37-7-9-39(51)48-41(37)52/h1-4,6,10-11,28-29,37,45,47H,5,7-9,12-27H2,(H,46,50)(H,48,51,52). The van der Waals surface area contributed by atoms with Crippen LogP contribution in [0.3, 0.4) is 0 Å². The lowest BCUT2D eigenvalue weighted by Gasteiger charge is -2.27. The number of aromatic amines is 1. The normalized spacial score (nSPS) is 15.2. The van der Waals surface area contributed by atoms with Gasteiger partial charge in [0.1, 0.15) is 6.04 Å². The lowest BCUT2D eigenvalue weighted by atomic mass is 10.0. The Morgan fingerprint density at radius 2 is 1.33 bits per heavy atom. The third-order valence-corrected chi connectivity index (χ3v) is 9.94. The minimum absolute atomic E-state index is 0.0107. The van der Waals surface area contributed by atoms with Crippen molar-refractivity contribution < 1.29 is 57.1 Å². The highest BCUT2D eigenvalue weighted by Gasteiger charge is 2.45. The number of rotatable bonds is 29. The van der Waals surface area contributed by atoms with Crippen LogP contribution in [0.4, 0.5) is 5.69 Å². The molecule has 6 rings (SSSR count). The van der Waals surface area contributed by atoms with Gasteiger partial charge in [0.15, 0.2) is 0 Å². The first kappa shape index (κ1) is 45.2. The van der Waals surface area contributed by atoms with Crippen LogP contribution in [0.1, 0.15) is 45.5 Å². The number of aromatic nitrogens is 2. The molecule has 1 fully saturated rings. The fourth-order valence-electron chi connectivity index (χ4n) is 6.90. The molecule has 1 saturated heterocycles. The largest absolute Gasteiger partial charge is 0.382 e. The number of hydrogen-bond donors (Lipinski definition) is 4. The van der Waals surface area contributed by atoms with E-state index in [0.29, 0.717) is 124 Å². The number of aryl methyl sites for hydroxylation is 1. The Bertz CT molecular complexity index is 2090. The van der Waals surface area contributed by atoms with Crippen LogP contribution in [0.2, 0.25) is 0 Å². The first-order valence-corrected chi connectivity index (χ1v) is 20.6. The lowest BCUT2D eigenvalue weighted by molar-refractivity contribution is -0.136. The summed E-state index contributed by atoms with van der Waals surface area (Å²) < 4.78 is 38.7. The van der Waals surface area contributed by atoms with Crippen LogP contribution in [0.25, 0.3) is 21.8 Å². The van der Waals surface area contributed by atoms with Crippen LogP contribution in [0.15, 0.2) is 54.9 Å². The van der Waals surface area contributed by atoms with Crippen molar-refractivity contribution in [2.75, 3.05) is 111 Å². The van der Waals surface area contributed by atoms with E-state index in [-0.39, 0.29) is 29.9 Å². The van der Waals surface area contributed by atoms with Crippen molar-refractivity contribution in [3.63, 3.8) is 0 Å². The number of imide groups is 2. The van der Waals surface area contributed by atoms with Gasteiger partial charge in [-0.05, 0) is 42.7 Å². The molecule has 2 aromatic carbocycles. The van der Waals surface area contributed by atoms with Gasteiger partial charge in [-0.1, -0.05) is 18.2 Å². The molecule has 2 aromatic heterocycles. The molecule has 1 unspecified atom stereocenters. The predicted molar refractivity (Wildman–Crippen MR) is 222 cm³/mol. The molecule has 18 nitrogen and oxygen atoms in total. The number of carbonyl (C=O) groups is 5. The van der Waals surface area contributed by atoms with Gasteiger partial charge in [0.25, 0.3) is 11.8 Å². The molecular weight excluding hydrogens is 793 g/mol. The molecule has 0 radical (unpaired) electrons. The van der Waals surface area contributed by atoms with Crippen LogP contribution >= 0.6 is 0 Å². The van der Waals surface area contributed by atoms with Gasteiger partial charge in [-0.3, -0.25) is 39.2 Å². The fourth-order valence-corrected chi connectivity index (χ4v) is 6.90. The zero-order valence-corrected chi connectivity index (χ0v) is 34.2. The zero-order valence-electron chi connectivity index (χ0n) is 34.2. The van der Waals surface area contributed by atoms with Crippen molar-refractivity contribution in [1.29, 1.82) is 0 Å². The quantitative estimate of drug-likeness (QED) is 0.0456. The van der Waals surface area contributed by atoms with Crippen LogP contribution in [-0.2, 0) is 54.0 Å². The van der Waals surface area contributed by atoms with E-state index in [4.69, 9.17) is 33.2 Å². The van der Waals surface area contributed by atoms with Gasteiger partial charge in [-0.25, -0.2) is 0 Å². The second-order valence-corrected chi connectivity index (χ2v) is 14.2. The molecule has 18 heteroatoms. The Kier molecular flexibility index (Phi) is 17.9. The molecule has 0 bridgehead atoms. The molecule has 0 spiro atoms. The number of piperidine rings is 1.